The Morgan fingerprint density at radius 1 is 0.944 bits per heavy atom. The van der Waals surface area contributed by atoms with Crippen molar-refractivity contribution < 1.29 is 22.4 Å². The van der Waals surface area contributed by atoms with Gasteiger partial charge >= 0.3 is 185 Å². The topological polar surface area (TPSA) is 54.0 Å². The van der Waals surface area contributed by atoms with Gasteiger partial charge in [0.1, 0.15) is 0 Å². The number of urea groups is 1. The van der Waals surface area contributed by atoms with Crippen molar-refractivity contribution in [3.63, 3.8) is 0 Å². The molecule has 5 rings (SSSR count). The normalized spacial score (nSPS) is 11.6. The second-order valence-electron chi connectivity index (χ2n) is 7.71. The number of hydrogen-bond acceptors (Lipinski definition) is 4. The number of carbonyl (C=O) groups is 1. The summed E-state index contributed by atoms with van der Waals surface area (Å²) < 4.78 is 54.6. The van der Waals surface area contributed by atoms with E-state index in [0.717, 1.165) is 36.8 Å². The molecule has 36 heavy (non-hydrogen) atoms. The number of amides is 2. The molecule has 3 heterocycles. The first-order valence-corrected chi connectivity index (χ1v) is 13.1. The molecule has 0 atom stereocenters. The predicted molar refractivity (Wildman–Crippen MR) is 138 cm³/mol. The molecule has 2 aromatic carbocycles. The molecule has 2 amide bonds. The zero-order chi connectivity index (χ0) is 25.4. The molecule has 5 aromatic rings. The van der Waals surface area contributed by atoms with Crippen molar-refractivity contribution in [2.24, 2.45) is 0 Å². The number of halogens is 4. The van der Waals surface area contributed by atoms with Gasteiger partial charge in [0.25, 0.3) is 0 Å². The smallest absolute Gasteiger partial charge is 0.205 e. The third-order valence-corrected chi connectivity index (χ3v) is 7.81. The van der Waals surface area contributed by atoms with Gasteiger partial charge in [-0.1, -0.05) is 0 Å². The third kappa shape index (κ3) is 4.89. The van der Waals surface area contributed by atoms with Gasteiger partial charge < -0.3 is 0 Å². The Bertz CT molecular complexity index is 1570. The Labute approximate surface area is 219 Å². The molecule has 0 spiro atoms. The zero-order valence-corrected chi connectivity index (χ0v) is 21.6. The number of hydrogen-bond donors (Lipinski definition) is 2. The van der Waals surface area contributed by atoms with Gasteiger partial charge in [-0.15, -0.1) is 0 Å². The molecular formula is C25H14AsF4N3OS2. The van der Waals surface area contributed by atoms with E-state index in [1.165, 1.54) is 0 Å². The summed E-state index contributed by atoms with van der Waals surface area (Å²) >= 11 is 5.74. The van der Waals surface area contributed by atoms with Crippen LogP contribution in [0.5, 0.6) is 0 Å². The molecule has 180 valence electrons. The van der Waals surface area contributed by atoms with Crippen molar-refractivity contribution >= 4 is 71.5 Å². The standard InChI is InChI=1S/C25H14AsF4N3OS2/c26-23-21-18(12-36-22(21)17(10-31-23)14-7-8-35-11-14)13-1-4-16(5-2-13)32-24(34)33-20-9-15(25(28,29)30)3-6-19(20)27/h1-12H,(H2,32,33,34). The number of nitrogens with zero attached hydrogens (tertiary/aromatic N) is 1. The first-order valence-electron chi connectivity index (χ1n) is 10.4. The van der Waals surface area contributed by atoms with Crippen LogP contribution < -0.4 is 15.1 Å². The van der Waals surface area contributed by atoms with E-state index in [1.807, 2.05) is 23.7 Å². The molecule has 0 saturated carbocycles. The van der Waals surface area contributed by atoms with Crippen molar-refractivity contribution in [3.05, 3.63) is 82.2 Å². The van der Waals surface area contributed by atoms with E-state index in [1.54, 1.807) is 34.8 Å². The number of carbonyl (C=O) groups excluding carboxylic acids is 1. The molecule has 2 radical (unpaired) electrons. The van der Waals surface area contributed by atoms with Crippen LogP contribution in [0.4, 0.5) is 33.7 Å². The average molecular weight is 587 g/mol. The molecule has 0 aliphatic heterocycles. The molecule has 0 aliphatic rings. The van der Waals surface area contributed by atoms with Crippen LogP contribution in [-0.2, 0) is 6.18 Å². The van der Waals surface area contributed by atoms with Crippen LogP contribution in [0.15, 0.2) is 70.9 Å². The average Bonchev–Trinajstić information content (AvgIpc) is 3.52. The van der Waals surface area contributed by atoms with Gasteiger partial charge in [0, 0.05) is 0 Å². The van der Waals surface area contributed by atoms with E-state index in [2.05, 4.69) is 49.3 Å². The summed E-state index contributed by atoms with van der Waals surface area (Å²) in [6.45, 7) is 0. The SMILES string of the molecule is O=C(Nc1ccc(-c2csc3c(-c4ccsc4)cnc([As])c23)cc1)Nc1cc(C(F)(F)F)ccc1F. The molecule has 4 nitrogen and oxygen atoms in total. The van der Waals surface area contributed by atoms with E-state index in [0.29, 0.717) is 23.9 Å². The number of nitrogens with one attached hydrogen (secondary N) is 2. The van der Waals surface area contributed by atoms with Crippen LogP contribution in [0.2, 0.25) is 0 Å². The fraction of sp³-hybridized carbons (Fsp3) is 0.0400. The van der Waals surface area contributed by atoms with Gasteiger partial charge in [0.15, 0.2) is 0 Å². The molecule has 2 N–H and O–H groups in total. The van der Waals surface area contributed by atoms with Gasteiger partial charge in [0.2, 0.25) is 0 Å². The van der Waals surface area contributed by atoms with E-state index >= 15 is 0 Å². The zero-order valence-electron chi connectivity index (χ0n) is 18.1. The second kappa shape index (κ2) is 9.69. The Morgan fingerprint density at radius 2 is 1.72 bits per heavy atom. The summed E-state index contributed by atoms with van der Waals surface area (Å²) in [4.78, 5) is 16.9. The Morgan fingerprint density at radius 3 is 2.42 bits per heavy atom. The Balaban J connectivity index is 1.36. The number of alkyl halides is 3. The Kier molecular flexibility index (Phi) is 6.59. The minimum absolute atomic E-state index is 0.396. The van der Waals surface area contributed by atoms with Crippen LogP contribution >= 0.6 is 22.7 Å². The van der Waals surface area contributed by atoms with Gasteiger partial charge in [0.05, 0.1) is 5.56 Å². The summed E-state index contributed by atoms with van der Waals surface area (Å²) in [6, 6.07) is 10.0. The van der Waals surface area contributed by atoms with Crippen LogP contribution in [0.25, 0.3) is 32.3 Å². The summed E-state index contributed by atoms with van der Waals surface area (Å²) in [6.07, 6.45) is -2.78. The van der Waals surface area contributed by atoms with E-state index in [-0.39, 0.29) is 0 Å². The Hall–Kier alpha value is -3.20. The molecule has 0 bridgehead atoms. The molecule has 3 aromatic heterocycles. The minimum Gasteiger partial charge on any atom is -0.205 e. The van der Waals surface area contributed by atoms with Crippen molar-refractivity contribution in [3.8, 4) is 22.3 Å². The summed E-state index contributed by atoms with van der Waals surface area (Å²) in [5.74, 6) is -0.970. The van der Waals surface area contributed by atoms with Crippen molar-refractivity contribution in [1.29, 1.82) is 0 Å². The number of aromatic nitrogens is 1. The fourth-order valence-corrected chi connectivity index (χ4v) is 6.22. The number of anilines is 2. The number of rotatable bonds is 4. The minimum atomic E-state index is -4.65. The van der Waals surface area contributed by atoms with Gasteiger partial charge in [-0.2, -0.15) is 13.2 Å². The first-order chi connectivity index (χ1) is 17.2. The molecule has 11 heteroatoms. The van der Waals surface area contributed by atoms with Crippen LogP contribution in [0.3, 0.4) is 0 Å². The first kappa shape index (κ1) is 24.5. The monoisotopic (exact) mass is 587 g/mol. The third-order valence-electron chi connectivity index (χ3n) is 5.40. The number of benzene rings is 2. The van der Waals surface area contributed by atoms with Crippen LogP contribution in [-0.4, -0.2) is 27.9 Å². The maximum absolute atomic E-state index is 13.9. The van der Waals surface area contributed by atoms with Crippen LogP contribution in [0, 0.1) is 5.82 Å². The number of thiophene rings is 2. The van der Waals surface area contributed by atoms with E-state index in [9.17, 15) is 22.4 Å². The molecule has 0 unspecified atom stereocenters. The van der Waals surface area contributed by atoms with Crippen molar-refractivity contribution in [2.45, 2.75) is 6.18 Å². The van der Waals surface area contributed by atoms with E-state index in [4.69, 9.17) is 0 Å². The van der Waals surface area contributed by atoms with Crippen molar-refractivity contribution in [2.75, 3.05) is 10.6 Å². The second-order valence-corrected chi connectivity index (χ2v) is 10.3. The summed E-state index contributed by atoms with van der Waals surface area (Å²) in [5.41, 5.74) is 2.86. The van der Waals surface area contributed by atoms with E-state index < -0.39 is 29.3 Å². The summed E-state index contributed by atoms with van der Waals surface area (Å²) in [7, 11) is 0. The quantitative estimate of drug-likeness (QED) is 0.172. The molecule has 0 aliphatic carbocycles. The summed E-state index contributed by atoms with van der Waals surface area (Å²) in [5, 5.41) is 11.8. The van der Waals surface area contributed by atoms with Gasteiger partial charge in [-0.25, -0.2) is 4.39 Å². The van der Waals surface area contributed by atoms with Gasteiger partial charge in [-0.3, -0.25) is 0 Å². The maximum atomic E-state index is 13.9. The predicted octanol–water partition coefficient (Wildman–Crippen LogP) is 7.29. The molecule has 0 saturated heterocycles. The number of fused-ring (bicyclic) bond motifs is 1. The van der Waals surface area contributed by atoms with Crippen LogP contribution in [0.1, 0.15) is 5.56 Å². The fourth-order valence-electron chi connectivity index (χ4n) is 3.68. The van der Waals surface area contributed by atoms with Gasteiger partial charge in [-0.05, 0) is 12.1 Å². The molecule has 0 fully saturated rings. The van der Waals surface area contributed by atoms with Crippen molar-refractivity contribution in [1.82, 2.24) is 4.98 Å². The molecular weight excluding hydrogens is 573 g/mol. The number of pyridine rings is 1.